The van der Waals surface area contributed by atoms with Crippen molar-refractivity contribution in [1.82, 2.24) is 14.8 Å². The second-order valence-corrected chi connectivity index (χ2v) is 5.61. The Labute approximate surface area is 129 Å². The van der Waals surface area contributed by atoms with Crippen LogP contribution in [0.25, 0.3) is 11.4 Å². The molecule has 0 unspecified atom stereocenters. The number of ether oxygens (including phenoxy) is 1. The minimum atomic E-state index is 0.0627. The van der Waals surface area contributed by atoms with E-state index in [1.807, 2.05) is 12.1 Å². The number of aliphatic hydroxyl groups is 1. The van der Waals surface area contributed by atoms with E-state index in [0.29, 0.717) is 13.2 Å². The Morgan fingerprint density at radius 3 is 2.76 bits per heavy atom. The monoisotopic (exact) mass is 307 g/mol. The molecule has 1 heterocycles. The van der Waals surface area contributed by atoms with Gasteiger partial charge in [-0.05, 0) is 19.4 Å². The molecule has 21 heavy (non-hydrogen) atoms. The number of hydrogen-bond acceptors (Lipinski definition) is 5. The first-order valence-corrected chi connectivity index (χ1v) is 8.07. The lowest BCUT2D eigenvalue weighted by Gasteiger charge is -2.09. The Morgan fingerprint density at radius 2 is 2.05 bits per heavy atom. The third-order valence-corrected chi connectivity index (χ3v) is 4.04. The van der Waals surface area contributed by atoms with Crippen LogP contribution in [-0.2, 0) is 11.3 Å². The summed E-state index contributed by atoms with van der Waals surface area (Å²) in [6.45, 7) is 6.05. The molecule has 0 aliphatic carbocycles. The number of benzene rings is 1. The first kappa shape index (κ1) is 16.0. The number of nitrogens with zero attached hydrogens (tertiary/aromatic N) is 3. The van der Waals surface area contributed by atoms with Crippen molar-refractivity contribution in [3.8, 4) is 11.4 Å². The van der Waals surface area contributed by atoms with Gasteiger partial charge in [0.2, 0.25) is 0 Å². The topological polar surface area (TPSA) is 60.2 Å². The number of aliphatic hydroxyl groups excluding tert-OH is 1. The van der Waals surface area contributed by atoms with E-state index in [4.69, 9.17) is 9.84 Å². The molecule has 0 bridgehead atoms. The molecular weight excluding hydrogens is 286 g/mol. The highest BCUT2D eigenvalue weighted by Crippen LogP contribution is 2.25. The normalized spacial score (nSPS) is 11.0. The van der Waals surface area contributed by atoms with Gasteiger partial charge in [-0.15, -0.1) is 10.2 Å². The van der Waals surface area contributed by atoms with Crippen LogP contribution in [0, 0.1) is 6.92 Å². The molecule has 114 valence electrons. The maximum absolute atomic E-state index is 8.66. The van der Waals surface area contributed by atoms with Gasteiger partial charge in [-0.3, -0.25) is 0 Å². The van der Waals surface area contributed by atoms with Crippen LogP contribution in [0.15, 0.2) is 29.4 Å². The summed E-state index contributed by atoms with van der Waals surface area (Å²) in [4.78, 5) is 0. The van der Waals surface area contributed by atoms with Crippen molar-refractivity contribution in [1.29, 1.82) is 0 Å². The summed E-state index contributed by atoms with van der Waals surface area (Å²) in [5.41, 5.74) is 2.32. The third kappa shape index (κ3) is 4.06. The summed E-state index contributed by atoms with van der Waals surface area (Å²) in [6.07, 6.45) is 0. The molecule has 1 aromatic heterocycles. The van der Waals surface area contributed by atoms with Crippen LogP contribution >= 0.6 is 11.8 Å². The predicted molar refractivity (Wildman–Crippen MR) is 84.5 cm³/mol. The van der Waals surface area contributed by atoms with Gasteiger partial charge in [0.05, 0.1) is 19.8 Å². The van der Waals surface area contributed by atoms with Crippen LogP contribution < -0.4 is 0 Å². The molecule has 0 saturated heterocycles. The predicted octanol–water partition coefficient (Wildman–Crippen LogP) is 2.37. The zero-order valence-corrected chi connectivity index (χ0v) is 13.3. The van der Waals surface area contributed by atoms with Crippen molar-refractivity contribution >= 4 is 11.8 Å². The Morgan fingerprint density at radius 1 is 1.24 bits per heavy atom. The van der Waals surface area contributed by atoms with Crippen molar-refractivity contribution in [3.05, 3.63) is 29.8 Å². The van der Waals surface area contributed by atoms with E-state index in [2.05, 4.69) is 40.7 Å². The van der Waals surface area contributed by atoms with Gasteiger partial charge < -0.3 is 14.4 Å². The molecule has 0 radical (unpaired) electrons. The standard InChI is InChI=1S/C15H21N3O2S/c1-3-18-14(13-7-5-4-6-12(13)2)16-17-15(18)21-11-10-20-9-8-19/h4-7,19H,3,8-11H2,1-2H3. The fourth-order valence-electron chi connectivity index (χ4n) is 2.06. The molecule has 1 N–H and O–H groups in total. The van der Waals surface area contributed by atoms with Crippen molar-refractivity contribution < 1.29 is 9.84 Å². The van der Waals surface area contributed by atoms with Crippen LogP contribution in [0.4, 0.5) is 0 Å². The smallest absolute Gasteiger partial charge is 0.191 e. The zero-order chi connectivity index (χ0) is 15.1. The maximum Gasteiger partial charge on any atom is 0.191 e. The van der Waals surface area contributed by atoms with Crippen molar-refractivity contribution in [2.45, 2.75) is 25.5 Å². The lowest BCUT2D eigenvalue weighted by Crippen LogP contribution is -2.04. The van der Waals surface area contributed by atoms with Gasteiger partial charge in [-0.1, -0.05) is 36.0 Å². The van der Waals surface area contributed by atoms with Gasteiger partial charge in [0.25, 0.3) is 0 Å². The number of hydrogen-bond donors (Lipinski definition) is 1. The molecule has 2 rings (SSSR count). The minimum Gasteiger partial charge on any atom is -0.394 e. The molecule has 0 aliphatic heterocycles. The van der Waals surface area contributed by atoms with Gasteiger partial charge >= 0.3 is 0 Å². The minimum absolute atomic E-state index is 0.0627. The van der Waals surface area contributed by atoms with Crippen LogP contribution in [0.2, 0.25) is 0 Å². The number of aromatic nitrogens is 3. The molecule has 5 nitrogen and oxygen atoms in total. The quantitative estimate of drug-likeness (QED) is 0.599. The number of thioether (sulfide) groups is 1. The summed E-state index contributed by atoms with van der Waals surface area (Å²) in [6, 6.07) is 8.20. The molecule has 6 heteroatoms. The molecule has 0 spiro atoms. The van der Waals surface area contributed by atoms with Gasteiger partial charge in [0.15, 0.2) is 11.0 Å². The molecule has 1 aromatic carbocycles. The molecule has 0 atom stereocenters. The largest absolute Gasteiger partial charge is 0.394 e. The van der Waals surface area contributed by atoms with E-state index in [1.54, 1.807) is 11.8 Å². The van der Waals surface area contributed by atoms with Gasteiger partial charge in [0, 0.05) is 17.9 Å². The van der Waals surface area contributed by atoms with Gasteiger partial charge in [-0.2, -0.15) is 0 Å². The van der Waals surface area contributed by atoms with Crippen LogP contribution in [0.3, 0.4) is 0 Å². The van der Waals surface area contributed by atoms with Gasteiger partial charge in [0.1, 0.15) is 0 Å². The summed E-state index contributed by atoms with van der Waals surface area (Å²) in [7, 11) is 0. The van der Waals surface area contributed by atoms with Crippen LogP contribution in [0.5, 0.6) is 0 Å². The fraction of sp³-hybridized carbons (Fsp3) is 0.467. The Balaban J connectivity index is 2.10. The lowest BCUT2D eigenvalue weighted by molar-refractivity contribution is 0.103. The first-order valence-electron chi connectivity index (χ1n) is 7.08. The van der Waals surface area contributed by atoms with Crippen LogP contribution in [0.1, 0.15) is 12.5 Å². The molecular formula is C15H21N3O2S. The summed E-state index contributed by atoms with van der Waals surface area (Å²) in [5.74, 6) is 1.71. The highest BCUT2D eigenvalue weighted by molar-refractivity contribution is 7.99. The average molecular weight is 307 g/mol. The van der Waals surface area contributed by atoms with E-state index < -0.39 is 0 Å². The molecule has 0 aliphatic rings. The van der Waals surface area contributed by atoms with Crippen LogP contribution in [-0.4, -0.2) is 45.4 Å². The Bertz CT molecular complexity index is 572. The second kappa shape index (κ2) is 8.17. The SMILES string of the molecule is CCn1c(SCCOCCO)nnc1-c1ccccc1C. The fourth-order valence-corrected chi connectivity index (χ4v) is 2.92. The van der Waals surface area contributed by atoms with Crippen molar-refractivity contribution in [3.63, 3.8) is 0 Å². The third-order valence-electron chi connectivity index (χ3n) is 3.11. The van der Waals surface area contributed by atoms with E-state index in [-0.39, 0.29) is 6.61 Å². The van der Waals surface area contributed by atoms with E-state index in [1.165, 1.54) is 5.56 Å². The molecule has 0 fully saturated rings. The number of rotatable bonds is 8. The zero-order valence-electron chi connectivity index (χ0n) is 12.5. The molecule has 2 aromatic rings. The summed E-state index contributed by atoms with van der Waals surface area (Å²) < 4.78 is 7.38. The second-order valence-electron chi connectivity index (χ2n) is 4.55. The van der Waals surface area contributed by atoms with E-state index in [0.717, 1.165) is 28.8 Å². The Hall–Kier alpha value is -1.37. The maximum atomic E-state index is 8.66. The number of aryl methyl sites for hydroxylation is 1. The average Bonchev–Trinajstić information content (AvgIpc) is 2.90. The summed E-state index contributed by atoms with van der Waals surface area (Å²) >= 11 is 1.63. The molecule has 0 amide bonds. The highest BCUT2D eigenvalue weighted by atomic mass is 32.2. The lowest BCUT2D eigenvalue weighted by atomic mass is 10.1. The summed E-state index contributed by atoms with van der Waals surface area (Å²) in [5, 5.41) is 18.2. The Kier molecular flexibility index (Phi) is 6.22. The van der Waals surface area contributed by atoms with Crippen molar-refractivity contribution in [2.75, 3.05) is 25.6 Å². The first-order chi connectivity index (χ1) is 10.3. The van der Waals surface area contributed by atoms with E-state index >= 15 is 0 Å². The van der Waals surface area contributed by atoms with Gasteiger partial charge in [-0.25, -0.2) is 0 Å². The highest BCUT2D eigenvalue weighted by Gasteiger charge is 2.14. The molecule has 0 saturated carbocycles. The van der Waals surface area contributed by atoms with E-state index in [9.17, 15) is 0 Å². The van der Waals surface area contributed by atoms with Crippen molar-refractivity contribution in [2.24, 2.45) is 0 Å².